The van der Waals surface area contributed by atoms with E-state index in [9.17, 15) is 8.42 Å². The number of benzene rings is 1. The van der Waals surface area contributed by atoms with Crippen LogP contribution in [0, 0.1) is 18.8 Å². The van der Waals surface area contributed by atoms with Crippen LogP contribution in [0.3, 0.4) is 0 Å². The van der Waals surface area contributed by atoms with Gasteiger partial charge in [0.05, 0.1) is 12.0 Å². The third kappa shape index (κ3) is 2.67. The van der Waals surface area contributed by atoms with Crippen molar-refractivity contribution < 1.29 is 13.2 Å². The van der Waals surface area contributed by atoms with Crippen LogP contribution in [-0.2, 0) is 10.0 Å². The summed E-state index contributed by atoms with van der Waals surface area (Å²) in [6.07, 6.45) is 0.950. The Labute approximate surface area is 126 Å². The van der Waals surface area contributed by atoms with E-state index in [1.807, 2.05) is 6.92 Å². The van der Waals surface area contributed by atoms with Crippen molar-refractivity contribution in [1.82, 2.24) is 9.62 Å². The average molecular weight is 310 g/mol. The summed E-state index contributed by atoms with van der Waals surface area (Å²) in [7, 11) is -1.81. The van der Waals surface area contributed by atoms with Gasteiger partial charge >= 0.3 is 0 Å². The van der Waals surface area contributed by atoms with Crippen LogP contribution < -0.4 is 10.1 Å². The minimum atomic E-state index is -3.40. The Kier molecular flexibility index (Phi) is 3.94. The second kappa shape index (κ2) is 5.59. The van der Waals surface area contributed by atoms with Crippen molar-refractivity contribution in [3.63, 3.8) is 0 Å². The lowest BCUT2D eigenvalue weighted by Gasteiger charge is -2.33. The predicted molar refractivity (Wildman–Crippen MR) is 81.0 cm³/mol. The second-order valence-electron chi connectivity index (χ2n) is 5.96. The van der Waals surface area contributed by atoms with E-state index >= 15 is 0 Å². The van der Waals surface area contributed by atoms with Gasteiger partial charge in [-0.3, -0.25) is 0 Å². The van der Waals surface area contributed by atoms with E-state index in [1.165, 1.54) is 0 Å². The summed E-state index contributed by atoms with van der Waals surface area (Å²) in [6.45, 7) is 5.07. The number of hydrogen-bond acceptors (Lipinski definition) is 4. The summed E-state index contributed by atoms with van der Waals surface area (Å²) in [5, 5.41) is 3.36. The van der Waals surface area contributed by atoms with Gasteiger partial charge in [-0.25, -0.2) is 8.42 Å². The maximum absolute atomic E-state index is 12.8. The van der Waals surface area contributed by atoms with Gasteiger partial charge in [0.15, 0.2) is 0 Å². The maximum Gasteiger partial charge on any atom is 0.243 e. The van der Waals surface area contributed by atoms with Crippen LogP contribution in [0.2, 0.25) is 0 Å². The van der Waals surface area contributed by atoms with Gasteiger partial charge in [-0.15, -0.1) is 0 Å². The summed E-state index contributed by atoms with van der Waals surface area (Å²) in [4.78, 5) is 0.366. The van der Waals surface area contributed by atoms with Crippen molar-refractivity contribution in [2.75, 3.05) is 33.3 Å². The van der Waals surface area contributed by atoms with E-state index in [-0.39, 0.29) is 0 Å². The van der Waals surface area contributed by atoms with Gasteiger partial charge < -0.3 is 10.1 Å². The zero-order valence-electron chi connectivity index (χ0n) is 12.5. The smallest absolute Gasteiger partial charge is 0.243 e. The molecule has 0 bridgehead atoms. The molecular weight excluding hydrogens is 288 g/mol. The molecule has 21 heavy (non-hydrogen) atoms. The molecule has 2 fully saturated rings. The number of methoxy groups -OCH3 is 1. The number of piperidine rings is 1. The number of sulfonamides is 1. The molecule has 0 amide bonds. The highest BCUT2D eigenvalue weighted by molar-refractivity contribution is 7.89. The Morgan fingerprint density at radius 3 is 2.76 bits per heavy atom. The molecule has 1 aromatic carbocycles. The number of hydrogen-bond donors (Lipinski definition) is 1. The first kappa shape index (κ1) is 14.8. The van der Waals surface area contributed by atoms with E-state index in [1.54, 1.807) is 29.6 Å². The van der Waals surface area contributed by atoms with Crippen LogP contribution in [-0.4, -0.2) is 46.0 Å². The first-order chi connectivity index (χ1) is 10.0. The molecule has 1 N–H and O–H groups in total. The summed E-state index contributed by atoms with van der Waals surface area (Å²) in [5.41, 5.74) is 0.844. The fourth-order valence-corrected chi connectivity index (χ4v) is 4.98. The first-order valence-corrected chi connectivity index (χ1v) is 8.82. The van der Waals surface area contributed by atoms with Crippen molar-refractivity contribution in [3.05, 3.63) is 23.8 Å². The van der Waals surface area contributed by atoms with E-state index < -0.39 is 10.0 Å². The van der Waals surface area contributed by atoms with Crippen LogP contribution in [0.15, 0.2) is 23.1 Å². The zero-order valence-corrected chi connectivity index (χ0v) is 13.3. The molecule has 2 aliphatic heterocycles. The number of aryl methyl sites for hydroxylation is 1. The lowest BCUT2D eigenvalue weighted by Crippen LogP contribution is -2.43. The van der Waals surface area contributed by atoms with Gasteiger partial charge in [0.25, 0.3) is 0 Å². The molecule has 2 saturated heterocycles. The molecule has 0 radical (unpaired) electrons. The third-order valence-corrected chi connectivity index (χ3v) is 6.53. The van der Waals surface area contributed by atoms with Gasteiger partial charge in [0, 0.05) is 13.1 Å². The molecule has 5 nitrogen and oxygen atoms in total. The molecule has 2 heterocycles. The molecule has 2 atom stereocenters. The molecule has 1 aromatic rings. The van der Waals surface area contributed by atoms with Crippen molar-refractivity contribution >= 4 is 10.0 Å². The number of nitrogens with one attached hydrogen (secondary N) is 1. The summed E-state index contributed by atoms with van der Waals surface area (Å²) in [6, 6.07) is 5.07. The maximum atomic E-state index is 12.8. The summed E-state index contributed by atoms with van der Waals surface area (Å²) >= 11 is 0. The quantitative estimate of drug-likeness (QED) is 0.912. The van der Waals surface area contributed by atoms with Crippen LogP contribution in [0.4, 0.5) is 0 Å². The van der Waals surface area contributed by atoms with E-state index in [0.717, 1.165) is 25.1 Å². The van der Waals surface area contributed by atoms with Crippen molar-refractivity contribution in [2.24, 2.45) is 11.8 Å². The first-order valence-electron chi connectivity index (χ1n) is 7.38. The van der Waals surface area contributed by atoms with Gasteiger partial charge in [-0.05, 0) is 62.0 Å². The van der Waals surface area contributed by atoms with E-state index in [4.69, 9.17) is 4.74 Å². The summed E-state index contributed by atoms with van der Waals surface area (Å²) in [5.74, 6) is 1.80. The molecule has 0 aromatic heterocycles. The Balaban J connectivity index is 1.85. The van der Waals surface area contributed by atoms with Crippen LogP contribution in [0.5, 0.6) is 5.75 Å². The van der Waals surface area contributed by atoms with Gasteiger partial charge in [0.2, 0.25) is 10.0 Å². The SMILES string of the molecule is COc1ccc(S(=O)(=O)N2CCC3CNCC3C2)cc1C. The molecule has 2 aliphatic rings. The molecule has 3 rings (SSSR count). The van der Waals surface area contributed by atoms with E-state index in [2.05, 4.69) is 5.32 Å². The molecule has 0 aliphatic carbocycles. The Hall–Kier alpha value is -1.11. The van der Waals surface area contributed by atoms with Gasteiger partial charge in [-0.2, -0.15) is 4.31 Å². The number of fused-ring (bicyclic) bond motifs is 1. The monoisotopic (exact) mass is 310 g/mol. The molecule has 6 heteroatoms. The predicted octanol–water partition coefficient (Wildman–Crippen LogP) is 1.23. The Bertz CT molecular complexity index is 630. The highest BCUT2D eigenvalue weighted by atomic mass is 32.2. The fraction of sp³-hybridized carbons (Fsp3) is 0.600. The number of rotatable bonds is 3. The lowest BCUT2D eigenvalue weighted by molar-refractivity contribution is 0.228. The van der Waals surface area contributed by atoms with Crippen molar-refractivity contribution in [2.45, 2.75) is 18.2 Å². The Morgan fingerprint density at radius 1 is 1.29 bits per heavy atom. The van der Waals surface area contributed by atoms with Crippen LogP contribution in [0.1, 0.15) is 12.0 Å². The van der Waals surface area contributed by atoms with Crippen LogP contribution in [0.25, 0.3) is 0 Å². The molecule has 116 valence electrons. The number of nitrogens with zero attached hydrogens (tertiary/aromatic N) is 1. The van der Waals surface area contributed by atoms with Crippen LogP contribution >= 0.6 is 0 Å². The highest BCUT2D eigenvalue weighted by Crippen LogP contribution is 2.31. The lowest BCUT2D eigenvalue weighted by atomic mass is 9.90. The largest absolute Gasteiger partial charge is 0.496 e. The topological polar surface area (TPSA) is 58.6 Å². The molecule has 2 unspecified atom stereocenters. The zero-order chi connectivity index (χ0) is 15.0. The van der Waals surface area contributed by atoms with Gasteiger partial charge in [0.1, 0.15) is 5.75 Å². The average Bonchev–Trinajstić information content (AvgIpc) is 2.94. The van der Waals surface area contributed by atoms with Crippen molar-refractivity contribution in [3.8, 4) is 5.75 Å². The minimum Gasteiger partial charge on any atom is -0.496 e. The molecular formula is C15H22N2O3S. The molecule has 0 spiro atoms. The highest BCUT2D eigenvalue weighted by Gasteiger charge is 2.37. The fourth-order valence-electron chi connectivity index (χ4n) is 3.38. The third-order valence-electron chi connectivity index (χ3n) is 4.67. The normalized spacial score (nSPS) is 26.6. The minimum absolute atomic E-state index is 0.366. The van der Waals surface area contributed by atoms with E-state index in [0.29, 0.717) is 35.6 Å². The summed E-state index contributed by atoms with van der Waals surface area (Å²) < 4.78 is 32.4. The number of ether oxygens (including phenoxy) is 1. The van der Waals surface area contributed by atoms with Gasteiger partial charge in [-0.1, -0.05) is 0 Å². The van der Waals surface area contributed by atoms with Crippen molar-refractivity contribution in [1.29, 1.82) is 0 Å². The Morgan fingerprint density at radius 2 is 2.05 bits per heavy atom. The second-order valence-corrected chi connectivity index (χ2v) is 7.90. The standard InChI is InChI=1S/C15H22N2O3S/c1-11-7-14(3-4-15(11)20-2)21(18,19)17-6-5-12-8-16-9-13(12)10-17/h3-4,7,12-13,16H,5-6,8-10H2,1-2H3. The molecule has 0 saturated carbocycles.